The monoisotopic (exact) mass is 426 g/mol. The number of aryl methyl sites for hydroxylation is 3. The lowest BCUT2D eigenvalue weighted by molar-refractivity contribution is -0.154. The summed E-state index contributed by atoms with van der Waals surface area (Å²) in [5.74, 6) is -0.866. The first-order valence-electron chi connectivity index (χ1n) is 10.3. The number of Topliss-reactive ketones (excluding diaryl/α,β-unsaturated/α-hetero) is 1. The van der Waals surface area contributed by atoms with Gasteiger partial charge in [0.25, 0.3) is 0 Å². The Bertz CT molecular complexity index is 893. The Labute approximate surface area is 181 Å². The summed E-state index contributed by atoms with van der Waals surface area (Å²) in [5.41, 5.74) is 2.67. The lowest BCUT2D eigenvalue weighted by Crippen LogP contribution is -2.51. The van der Waals surface area contributed by atoms with Crippen molar-refractivity contribution in [3.05, 3.63) is 70.3 Å². The molecule has 1 atom stereocenters. The maximum Gasteiger partial charge on any atom is 0.310 e. The first kappa shape index (κ1) is 24.0. The molecule has 5 heteroatoms. The van der Waals surface area contributed by atoms with Crippen LogP contribution in [-0.4, -0.2) is 16.9 Å². The molecule has 1 N–H and O–H groups in total. The van der Waals surface area contributed by atoms with Crippen LogP contribution in [0.3, 0.4) is 0 Å². The van der Waals surface area contributed by atoms with E-state index in [1.54, 1.807) is 16.0 Å². The Hall–Kier alpha value is -2.32. The fourth-order valence-electron chi connectivity index (χ4n) is 5.24. The Balaban J connectivity index is 0.00000155. The molecule has 0 bridgehead atoms. The molecule has 0 heterocycles. The summed E-state index contributed by atoms with van der Waals surface area (Å²) in [7, 11) is 1.72. The van der Waals surface area contributed by atoms with Crippen LogP contribution in [-0.2, 0) is 15.8 Å². The van der Waals surface area contributed by atoms with Crippen molar-refractivity contribution < 1.29 is 19.3 Å². The topological polar surface area (TPSA) is 71.4 Å². The zero-order valence-electron chi connectivity index (χ0n) is 18.2. The van der Waals surface area contributed by atoms with Gasteiger partial charge in [-0.2, -0.15) is 0 Å². The minimum atomic E-state index is -1.15. The van der Waals surface area contributed by atoms with Gasteiger partial charge in [-0.3, -0.25) is 14.2 Å². The Morgan fingerprint density at radius 1 is 1.00 bits per heavy atom. The van der Waals surface area contributed by atoms with E-state index in [0.717, 1.165) is 35.1 Å². The number of carboxylic acids is 1. The first-order valence-corrected chi connectivity index (χ1v) is 10.7. The summed E-state index contributed by atoms with van der Waals surface area (Å²) < 4.78 is 8.06. The molecule has 1 aliphatic rings. The van der Waals surface area contributed by atoms with Crippen LogP contribution in [0.2, 0.25) is 0 Å². The molecule has 0 saturated heterocycles. The maximum atomic E-state index is 14.0. The average molecular weight is 426 g/mol. The molecule has 1 unspecified atom stereocenters. The lowest BCUT2D eigenvalue weighted by atomic mass is 9.57. The van der Waals surface area contributed by atoms with Gasteiger partial charge in [0.2, 0.25) is 0 Å². The van der Waals surface area contributed by atoms with E-state index in [-0.39, 0.29) is 5.78 Å². The third kappa shape index (κ3) is 4.25. The van der Waals surface area contributed by atoms with E-state index in [4.69, 9.17) is 4.57 Å². The van der Waals surface area contributed by atoms with Gasteiger partial charge in [0, 0.05) is 11.0 Å². The number of aliphatic carboxylic acids is 1. The van der Waals surface area contributed by atoms with Crippen molar-refractivity contribution in [2.45, 2.75) is 59.8 Å². The fourth-order valence-corrected chi connectivity index (χ4v) is 5.24. The molecule has 0 spiro atoms. The number of hydrogen-bond acceptors (Lipinski definition) is 3. The van der Waals surface area contributed by atoms with Crippen LogP contribution in [0.25, 0.3) is 0 Å². The predicted octanol–water partition coefficient (Wildman–Crippen LogP) is 6.16. The molecular weight excluding hydrogens is 395 g/mol. The molecule has 1 saturated carbocycles. The number of carbonyl (C=O) groups excluding carboxylic acids is 1. The van der Waals surface area contributed by atoms with Crippen molar-refractivity contribution in [1.29, 1.82) is 0 Å². The molecular formula is C25H31O4P. The smallest absolute Gasteiger partial charge is 0.310 e. The first-order chi connectivity index (χ1) is 14.2. The van der Waals surface area contributed by atoms with Gasteiger partial charge in [-0.1, -0.05) is 60.9 Å². The van der Waals surface area contributed by atoms with Gasteiger partial charge in [0.05, 0.1) is 5.41 Å². The van der Waals surface area contributed by atoms with E-state index in [9.17, 15) is 14.7 Å². The third-order valence-corrected chi connectivity index (χ3v) is 6.72. The van der Waals surface area contributed by atoms with Gasteiger partial charge in [-0.15, -0.1) is 0 Å². The van der Waals surface area contributed by atoms with Crippen LogP contribution in [0.5, 0.6) is 0 Å². The van der Waals surface area contributed by atoms with Crippen LogP contribution in [0.1, 0.15) is 65.2 Å². The van der Waals surface area contributed by atoms with Crippen molar-refractivity contribution in [1.82, 2.24) is 0 Å². The predicted molar refractivity (Wildman–Crippen MR) is 121 cm³/mol. The van der Waals surface area contributed by atoms with E-state index >= 15 is 0 Å². The van der Waals surface area contributed by atoms with Gasteiger partial charge < -0.3 is 5.11 Å². The zero-order valence-corrected chi connectivity index (χ0v) is 19.2. The Kier molecular flexibility index (Phi) is 7.71. The van der Waals surface area contributed by atoms with Crippen molar-refractivity contribution in [3.8, 4) is 0 Å². The van der Waals surface area contributed by atoms with E-state index in [1.165, 1.54) is 0 Å². The molecule has 160 valence electrons. The lowest BCUT2D eigenvalue weighted by Gasteiger charge is -2.43. The molecule has 0 aliphatic heterocycles. The molecule has 3 rings (SSSR count). The third-order valence-electron chi connectivity index (χ3n) is 6.72. The maximum absolute atomic E-state index is 14.0. The average Bonchev–Trinajstić information content (AvgIpc) is 3.21. The van der Waals surface area contributed by atoms with E-state index in [1.807, 2.05) is 63.2 Å². The highest BCUT2D eigenvalue weighted by Crippen LogP contribution is 2.55. The van der Waals surface area contributed by atoms with E-state index < -0.39 is 16.8 Å². The SMILES string of the molecule is Cc1cc(C)c(C(=O)C2(C(C)(Cc3ccccc3)C(=O)O)CCCC2)c(C)c1.O=P. The number of carbonyl (C=O) groups is 2. The van der Waals surface area contributed by atoms with Crippen molar-refractivity contribution >= 4 is 20.9 Å². The molecule has 4 nitrogen and oxygen atoms in total. The van der Waals surface area contributed by atoms with Crippen LogP contribution in [0, 0.1) is 31.6 Å². The summed E-state index contributed by atoms with van der Waals surface area (Å²) in [5, 5.41) is 10.3. The summed E-state index contributed by atoms with van der Waals surface area (Å²) in [6, 6.07) is 13.7. The number of carboxylic acid groups (broad SMARTS) is 1. The molecule has 1 fully saturated rings. The number of rotatable bonds is 6. The fraction of sp³-hybridized carbons (Fsp3) is 0.440. The molecule has 1 aliphatic carbocycles. The van der Waals surface area contributed by atoms with Crippen LogP contribution >= 0.6 is 9.12 Å². The highest BCUT2D eigenvalue weighted by Gasteiger charge is 2.59. The van der Waals surface area contributed by atoms with Crippen molar-refractivity contribution in [2.24, 2.45) is 10.8 Å². The summed E-state index contributed by atoms with van der Waals surface area (Å²) in [6.45, 7) is 7.73. The molecule has 30 heavy (non-hydrogen) atoms. The molecule has 0 radical (unpaired) electrons. The Morgan fingerprint density at radius 2 is 1.50 bits per heavy atom. The van der Waals surface area contributed by atoms with Gasteiger partial charge in [-0.05, 0) is 63.6 Å². The highest BCUT2D eigenvalue weighted by molar-refractivity contribution is 7.00. The number of hydrogen-bond donors (Lipinski definition) is 1. The van der Waals surface area contributed by atoms with Crippen molar-refractivity contribution in [2.75, 3.05) is 0 Å². The standard InChI is InChI=1S/C25H30O3.HOP/c1-17-14-18(2)21(19(3)15-17)22(26)25(12-8-9-13-25)24(4,23(27)28)16-20-10-6-5-7-11-20;1-2/h5-7,10-11,14-15H,8-9,12-13,16H2,1-4H3,(H,27,28);2H. The normalized spacial score (nSPS) is 16.8. The second-order valence-corrected chi connectivity index (χ2v) is 8.69. The van der Waals surface area contributed by atoms with Gasteiger partial charge >= 0.3 is 5.97 Å². The summed E-state index contributed by atoms with van der Waals surface area (Å²) in [6.07, 6.45) is 3.42. The quantitative estimate of drug-likeness (QED) is 0.443. The van der Waals surface area contributed by atoms with Crippen LogP contribution in [0.15, 0.2) is 42.5 Å². The number of ketones is 1. The van der Waals surface area contributed by atoms with Gasteiger partial charge in [0.15, 0.2) is 5.78 Å². The second kappa shape index (κ2) is 9.66. The largest absolute Gasteiger partial charge is 0.481 e. The number of benzene rings is 2. The van der Waals surface area contributed by atoms with Crippen LogP contribution in [0.4, 0.5) is 0 Å². The molecule has 0 aromatic heterocycles. The zero-order chi connectivity index (χ0) is 22.5. The highest BCUT2D eigenvalue weighted by atomic mass is 31.0. The molecule has 2 aromatic carbocycles. The van der Waals surface area contributed by atoms with E-state index in [0.29, 0.717) is 24.8 Å². The van der Waals surface area contributed by atoms with Gasteiger partial charge in [-0.25, -0.2) is 0 Å². The Morgan fingerprint density at radius 3 is 1.97 bits per heavy atom. The minimum Gasteiger partial charge on any atom is -0.481 e. The minimum absolute atomic E-state index is 0.0147. The molecule has 2 aromatic rings. The second-order valence-electron chi connectivity index (χ2n) is 8.69. The van der Waals surface area contributed by atoms with Crippen LogP contribution < -0.4 is 0 Å². The summed E-state index contributed by atoms with van der Waals surface area (Å²) >= 11 is 0. The summed E-state index contributed by atoms with van der Waals surface area (Å²) in [4.78, 5) is 26.6. The van der Waals surface area contributed by atoms with E-state index in [2.05, 4.69) is 0 Å². The molecule has 0 amide bonds. The van der Waals surface area contributed by atoms with Gasteiger partial charge in [0.1, 0.15) is 9.12 Å². The van der Waals surface area contributed by atoms with Crippen molar-refractivity contribution in [3.63, 3.8) is 0 Å².